The molecule has 1 fully saturated rings. The van der Waals surface area contributed by atoms with Crippen LogP contribution < -0.4 is 10.3 Å². The molecule has 5 heteroatoms. The van der Waals surface area contributed by atoms with Crippen molar-refractivity contribution in [2.24, 2.45) is 0 Å². The fraction of sp³-hybridized carbons (Fsp3) is 0.222. The van der Waals surface area contributed by atoms with Crippen molar-refractivity contribution in [3.8, 4) is 5.69 Å². The van der Waals surface area contributed by atoms with Crippen LogP contribution in [0.25, 0.3) is 16.6 Å². The van der Waals surface area contributed by atoms with Crippen LogP contribution in [0.4, 0.5) is 5.82 Å². The van der Waals surface area contributed by atoms with E-state index in [0.29, 0.717) is 5.39 Å². The van der Waals surface area contributed by atoms with E-state index in [-0.39, 0.29) is 5.43 Å². The normalized spacial score (nSPS) is 15.0. The minimum absolute atomic E-state index is 0.0368. The van der Waals surface area contributed by atoms with Gasteiger partial charge in [0.2, 0.25) is 0 Å². The fourth-order valence-corrected chi connectivity index (χ4v) is 2.93. The molecule has 0 N–H and O–H groups in total. The molecule has 1 aliphatic rings. The van der Waals surface area contributed by atoms with E-state index in [2.05, 4.69) is 9.88 Å². The quantitative estimate of drug-likeness (QED) is 0.728. The number of para-hydroxylation sites is 1. The van der Waals surface area contributed by atoms with E-state index < -0.39 is 0 Å². The number of pyridine rings is 2. The van der Waals surface area contributed by atoms with E-state index in [0.717, 1.165) is 43.3 Å². The average molecular weight is 307 g/mol. The van der Waals surface area contributed by atoms with E-state index in [1.54, 1.807) is 12.3 Å². The Morgan fingerprint density at radius 2 is 1.83 bits per heavy atom. The molecular weight excluding hydrogens is 290 g/mol. The first kappa shape index (κ1) is 14.0. The number of rotatable bonds is 2. The third kappa shape index (κ3) is 2.59. The maximum atomic E-state index is 12.0. The summed E-state index contributed by atoms with van der Waals surface area (Å²) in [6.45, 7) is 3.22. The Morgan fingerprint density at radius 3 is 2.61 bits per heavy atom. The van der Waals surface area contributed by atoms with Crippen LogP contribution in [-0.2, 0) is 4.74 Å². The van der Waals surface area contributed by atoms with Crippen LogP contribution in [0.5, 0.6) is 0 Å². The van der Waals surface area contributed by atoms with Crippen molar-refractivity contribution in [2.45, 2.75) is 0 Å². The SMILES string of the molecule is O=c1ccn(-c2ccc(N3CCOCC3)nc2)c2ccccc12. The number of fused-ring (bicyclic) bond motifs is 1. The molecule has 0 amide bonds. The third-order valence-corrected chi connectivity index (χ3v) is 4.15. The number of ether oxygens (including phenoxy) is 1. The van der Waals surface area contributed by atoms with Gasteiger partial charge in [-0.2, -0.15) is 0 Å². The summed E-state index contributed by atoms with van der Waals surface area (Å²) in [4.78, 5) is 18.8. The number of anilines is 1. The second-order valence-electron chi connectivity index (χ2n) is 5.54. The Hall–Kier alpha value is -2.66. The second-order valence-corrected chi connectivity index (χ2v) is 5.54. The van der Waals surface area contributed by atoms with Crippen LogP contribution in [0.1, 0.15) is 0 Å². The summed E-state index contributed by atoms with van der Waals surface area (Å²) < 4.78 is 7.36. The number of morpholine rings is 1. The predicted octanol–water partition coefficient (Wildman–Crippen LogP) is 2.22. The molecule has 0 bridgehead atoms. The molecule has 4 rings (SSSR count). The van der Waals surface area contributed by atoms with Crippen LogP contribution in [0.2, 0.25) is 0 Å². The molecule has 0 spiro atoms. The lowest BCUT2D eigenvalue weighted by atomic mass is 10.2. The zero-order valence-electron chi connectivity index (χ0n) is 12.7. The topological polar surface area (TPSA) is 47.4 Å². The maximum Gasteiger partial charge on any atom is 0.189 e. The number of benzene rings is 1. The molecule has 5 nitrogen and oxygen atoms in total. The minimum Gasteiger partial charge on any atom is -0.378 e. The minimum atomic E-state index is 0.0368. The van der Waals surface area contributed by atoms with Crippen LogP contribution in [0.3, 0.4) is 0 Å². The van der Waals surface area contributed by atoms with Crippen molar-refractivity contribution in [3.05, 3.63) is 65.1 Å². The second kappa shape index (κ2) is 5.85. The molecule has 23 heavy (non-hydrogen) atoms. The lowest BCUT2D eigenvalue weighted by Gasteiger charge is -2.27. The van der Waals surface area contributed by atoms with Gasteiger partial charge in [0.1, 0.15) is 5.82 Å². The Bertz CT molecular complexity index is 881. The number of nitrogens with zero attached hydrogens (tertiary/aromatic N) is 3. The van der Waals surface area contributed by atoms with E-state index >= 15 is 0 Å². The summed E-state index contributed by atoms with van der Waals surface area (Å²) in [6.07, 6.45) is 3.65. The van der Waals surface area contributed by atoms with E-state index in [1.165, 1.54) is 0 Å². The maximum absolute atomic E-state index is 12.0. The molecule has 3 heterocycles. The highest BCUT2D eigenvalue weighted by Gasteiger charge is 2.12. The van der Waals surface area contributed by atoms with Gasteiger partial charge in [-0.1, -0.05) is 12.1 Å². The molecular formula is C18H17N3O2. The molecule has 0 radical (unpaired) electrons. The first-order chi connectivity index (χ1) is 11.3. The van der Waals surface area contributed by atoms with Crippen molar-refractivity contribution in [1.29, 1.82) is 0 Å². The molecule has 2 aromatic heterocycles. The first-order valence-corrected chi connectivity index (χ1v) is 7.72. The van der Waals surface area contributed by atoms with Crippen molar-refractivity contribution in [2.75, 3.05) is 31.2 Å². The van der Waals surface area contributed by atoms with Gasteiger partial charge in [0.05, 0.1) is 30.6 Å². The number of hydrogen-bond donors (Lipinski definition) is 0. The van der Waals surface area contributed by atoms with Gasteiger partial charge < -0.3 is 14.2 Å². The molecule has 1 saturated heterocycles. The lowest BCUT2D eigenvalue weighted by Crippen LogP contribution is -2.36. The van der Waals surface area contributed by atoms with Crippen LogP contribution in [0, 0.1) is 0 Å². The van der Waals surface area contributed by atoms with Crippen molar-refractivity contribution >= 4 is 16.7 Å². The third-order valence-electron chi connectivity index (χ3n) is 4.15. The van der Waals surface area contributed by atoms with Gasteiger partial charge >= 0.3 is 0 Å². The largest absolute Gasteiger partial charge is 0.378 e. The Labute approximate surface area is 133 Å². The van der Waals surface area contributed by atoms with Crippen molar-refractivity contribution in [1.82, 2.24) is 9.55 Å². The summed E-state index contributed by atoms with van der Waals surface area (Å²) in [5.74, 6) is 0.961. The van der Waals surface area contributed by atoms with E-state index in [9.17, 15) is 4.79 Å². The Kier molecular flexibility index (Phi) is 3.55. The van der Waals surface area contributed by atoms with Crippen LogP contribution in [0.15, 0.2) is 59.7 Å². The predicted molar refractivity (Wildman–Crippen MR) is 90.4 cm³/mol. The van der Waals surface area contributed by atoms with Gasteiger partial charge in [-0.3, -0.25) is 4.79 Å². The lowest BCUT2D eigenvalue weighted by molar-refractivity contribution is 0.122. The highest BCUT2D eigenvalue weighted by Crippen LogP contribution is 2.18. The average Bonchev–Trinajstić information content (AvgIpc) is 2.63. The van der Waals surface area contributed by atoms with Crippen LogP contribution in [-0.4, -0.2) is 35.9 Å². The summed E-state index contributed by atoms with van der Waals surface area (Å²) in [5, 5.41) is 0.715. The standard InChI is InChI=1S/C18H17N3O2/c22-17-7-8-21(16-4-2-1-3-15(16)17)14-5-6-18(19-13-14)20-9-11-23-12-10-20/h1-8,13H,9-12H2. The first-order valence-electron chi connectivity index (χ1n) is 7.72. The fourth-order valence-electron chi connectivity index (χ4n) is 2.93. The summed E-state index contributed by atoms with van der Waals surface area (Å²) in [6, 6.07) is 13.3. The molecule has 0 atom stereocenters. The van der Waals surface area contributed by atoms with Crippen LogP contribution >= 0.6 is 0 Å². The Morgan fingerprint density at radius 1 is 1.00 bits per heavy atom. The molecule has 0 aliphatic carbocycles. The summed E-state index contributed by atoms with van der Waals surface area (Å²) >= 11 is 0. The molecule has 1 aliphatic heterocycles. The zero-order valence-corrected chi connectivity index (χ0v) is 12.7. The number of aromatic nitrogens is 2. The highest BCUT2D eigenvalue weighted by atomic mass is 16.5. The van der Waals surface area contributed by atoms with Gasteiger partial charge in [0.15, 0.2) is 5.43 Å². The number of hydrogen-bond acceptors (Lipinski definition) is 4. The molecule has 0 unspecified atom stereocenters. The summed E-state index contributed by atoms with van der Waals surface area (Å²) in [7, 11) is 0. The Balaban J connectivity index is 1.74. The smallest absolute Gasteiger partial charge is 0.189 e. The van der Waals surface area contributed by atoms with Gasteiger partial charge in [-0.25, -0.2) is 4.98 Å². The van der Waals surface area contributed by atoms with Gasteiger partial charge in [0, 0.05) is 30.7 Å². The van der Waals surface area contributed by atoms with Gasteiger partial charge in [0.25, 0.3) is 0 Å². The monoisotopic (exact) mass is 307 g/mol. The van der Waals surface area contributed by atoms with Gasteiger partial charge in [-0.15, -0.1) is 0 Å². The van der Waals surface area contributed by atoms with E-state index in [4.69, 9.17) is 4.74 Å². The molecule has 0 saturated carbocycles. The molecule has 3 aromatic rings. The molecule has 116 valence electrons. The van der Waals surface area contributed by atoms with Crippen molar-refractivity contribution < 1.29 is 4.74 Å². The molecule has 1 aromatic carbocycles. The summed E-state index contributed by atoms with van der Waals surface area (Å²) in [5.41, 5.74) is 1.87. The van der Waals surface area contributed by atoms with Crippen molar-refractivity contribution in [3.63, 3.8) is 0 Å². The zero-order chi connectivity index (χ0) is 15.6. The van der Waals surface area contributed by atoms with E-state index in [1.807, 2.05) is 47.2 Å². The van der Waals surface area contributed by atoms with Gasteiger partial charge in [-0.05, 0) is 24.3 Å². The highest BCUT2D eigenvalue weighted by molar-refractivity contribution is 5.80.